The van der Waals surface area contributed by atoms with Crippen LogP contribution in [0.25, 0.3) is 0 Å². The van der Waals surface area contributed by atoms with E-state index >= 15 is 0 Å². The second kappa shape index (κ2) is 5.63. The van der Waals surface area contributed by atoms with Crippen molar-refractivity contribution in [3.05, 3.63) is 0 Å². The molecule has 5 nitrogen and oxygen atoms in total. The van der Waals surface area contributed by atoms with Gasteiger partial charge in [-0.1, -0.05) is 6.92 Å². The molecule has 0 aliphatic carbocycles. The van der Waals surface area contributed by atoms with E-state index in [1.54, 1.807) is 27.7 Å². The molecule has 0 aliphatic heterocycles. The lowest BCUT2D eigenvalue weighted by Crippen LogP contribution is -2.29. The number of carboxylic acids is 1. The molecule has 0 saturated carbocycles. The lowest BCUT2D eigenvalue weighted by molar-refractivity contribution is -0.146. The summed E-state index contributed by atoms with van der Waals surface area (Å²) in [7, 11) is 0. The maximum Gasteiger partial charge on any atom is 0.352 e. The molecule has 0 amide bonds. The molecule has 1 atom stereocenters. The largest absolute Gasteiger partial charge is 0.481 e. The third kappa shape index (κ3) is 6.98. The van der Waals surface area contributed by atoms with Gasteiger partial charge in [-0.2, -0.15) is 0 Å². The first kappa shape index (κ1) is 14.6. The van der Waals surface area contributed by atoms with Gasteiger partial charge < -0.3 is 9.84 Å². The van der Waals surface area contributed by atoms with E-state index in [9.17, 15) is 9.59 Å². The van der Waals surface area contributed by atoms with Gasteiger partial charge in [-0.25, -0.2) is 4.79 Å². The topological polar surface area (TPSA) is 87.5 Å². The van der Waals surface area contributed by atoms with Crippen LogP contribution < -0.4 is 0 Å². The van der Waals surface area contributed by atoms with Crippen LogP contribution in [0.2, 0.25) is 0 Å². The first-order valence-corrected chi connectivity index (χ1v) is 5.14. The van der Waals surface area contributed by atoms with Crippen molar-refractivity contribution in [2.45, 2.75) is 46.1 Å². The van der Waals surface area contributed by atoms with Gasteiger partial charge in [0, 0.05) is 6.42 Å². The summed E-state index contributed by atoms with van der Waals surface area (Å²) >= 11 is 0. The monoisotopic (exact) mass is 229 g/mol. The average molecular weight is 229 g/mol. The van der Waals surface area contributed by atoms with Crippen molar-refractivity contribution in [3.8, 4) is 0 Å². The summed E-state index contributed by atoms with van der Waals surface area (Å²) < 4.78 is 4.99. The molecule has 0 aliphatic rings. The van der Waals surface area contributed by atoms with Gasteiger partial charge in [0.1, 0.15) is 11.3 Å². The van der Waals surface area contributed by atoms with Crippen molar-refractivity contribution < 1.29 is 19.4 Å². The Kier molecular flexibility index (Phi) is 5.14. The highest BCUT2D eigenvalue weighted by molar-refractivity contribution is 6.35. The summed E-state index contributed by atoms with van der Waals surface area (Å²) in [5.41, 5.74) is -0.803. The zero-order valence-electron chi connectivity index (χ0n) is 10.2. The Morgan fingerprint density at radius 1 is 1.31 bits per heavy atom. The maximum absolute atomic E-state index is 11.4. The quantitative estimate of drug-likeness (QED) is 0.556. The van der Waals surface area contributed by atoms with Crippen molar-refractivity contribution in [3.63, 3.8) is 0 Å². The predicted octanol–water partition coefficient (Wildman–Crippen LogP) is 1.85. The van der Waals surface area contributed by atoms with E-state index in [1.165, 1.54) is 0 Å². The predicted molar refractivity (Wildman–Crippen MR) is 59.6 cm³/mol. The Labute approximate surface area is 95.3 Å². The zero-order chi connectivity index (χ0) is 12.9. The van der Waals surface area contributed by atoms with Crippen LogP contribution in [-0.4, -0.2) is 28.4 Å². The standard InChI is InChI=1S/C11H19NO4/c1-7(6-9(13)14)5-8(12)10(15)16-11(2,3)4/h7,12H,5-6H2,1-4H3,(H,13,14). The van der Waals surface area contributed by atoms with Crippen LogP contribution in [0.1, 0.15) is 40.5 Å². The minimum Gasteiger partial charge on any atom is -0.481 e. The number of hydrogen-bond acceptors (Lipinski definition) is 4. The lowest BCUT2D eigenvalue weighted by atomic mass is 10.0. The van der Waals surface area contributed by atoms with Crippen molar-refractivity contribution in [1.29, 1.82) is 5.41 Å². The van der Waals surface area contributed by atoms with Gasteiger partial charge in [-0.3, -0.25) is 10.2 Å². The van der Waals surface area contributed by atoms with Crippen LogP contribution >= 0.6 is 0 Å². The van der Waals surface area contributed by atoms with E-state index in [1.807, 2.05) is 0 Å². The van der Waals surface area contributed by atoms with E-state index in [0.717, 1.165) is 0 Å². The maximum atomic E-state index is 11.4. The number of carboxylic acid groups (broad SMARTS) is 1. The van der Waals surface area contributed by atoms with Gasteiger partial charge in [-0.05, 0) is 33.1 Å². The second-order valence-corrected chi connectivity index (χ2v) is 4.89. The average Bonchev–Trinajstić information content (AvgIpc) is 1.98. The van der Waals surface area contributed by atoms with E-state index in [0.29, 0.717) is 0 Å². The minimum absolute atomic E-state index is 0.0504. The van der Waals surface area contributed by atoms with Gasteiger partial charge in [0.15, 0.2) is 0 Å². The Hall–Kier alpha value is -1.39. The molecule has 16 heavy (non-hydrogen) atoms. The molecule has 0 aromatic carbocycles. The molecule has 0 rings (SSSR count). The highest BCUT2D eigenvalue weighted by atomic mass is 16.6. The summed E-state index contributed by atoms with van der Waals surface area (Å²) in [6.07, 6.45) is 0.0758. The van der Waals surface area contributed by atoms with Crippen molar-refractivity contribution in [1.82, 2.24) is 0 Å². The van der Waals surface area contributed by atoms with E-state index in [-0.39, 0.29) is 24.5 Å². The number of carbonyl (C=O) groups excluding carboxylic acids is 1. The van der Waals surface area contributed by atoms with E-state index in [4.69, 9.17) is 15.3 Å². The van der Waals surface area contributed by atoms with Gasteiger partial charge in [-0.15, -0.1) is 0 Å². The third-order valence-electron chi connectivity index (χ3n) is 1.72. The Balaban J connectivity index is 4.16. The highest BCUT2D eigenvalue weighted by Gasteiger charge is 2.21. The van der Waals surface area contributed by atoms with Crippen LogP contribution in [0.4, 0.5) is 0 Å². The number of aliphatic carboxylic acids is 1. The first-order valence-electron chi connectivity index (χ1n) is 5.14. The van der Waals surface area contributed by atoms with Crippen LogP contribution in [0.5, 0.6) is 0 Å². The first-order chi connectivity index (χ1) is 7.11. The van der Waals surface area contributed by atoms with Crippen LogP contribution in [0, 0.1) is 11.3 Å². The molecule has 2 N–H and O–H groups in total. The van der Waals surface area contributed by atoms with E-state index in [2.05, 4.69) is 0 Å². The number of nitrogens with one attached hydrogen (secondary N) is 1. The molecule has 5 heteroatoms. The van der Waals surface area contributed by atoms with Crippen LogP contribution in [0.3, 0.4) is 0 Å². The fourth-order valence-corrected chi connectivity index (χ4v) is 1.14. The molecule has 1 unspecified atom stereocenters. The van der Waals surface area contributed by atoms with Crippen LogP contribution in [0.15, 0.2) is 0 Å². The van der Waals surface area contributed by atoms with Crippen LogP contribution in [-0.2, 0) is 14.3 Å². The second-order valence-electron chi connectivity index (χ2n) is 4.89. The van der Waals surface area contributed by atoms with Gasteiger partial charge >= 0.3 is 11.9 Å². The number of ether oxygens (including phenoxy) is 1. The van der Waals surface area contributed by atoms with Crippen molar-refractivity contribution >= 4 is 17.7 Å². The molecule has 0 bridgehead atoms. The molecular weight excluding hydrogens is 210 g/mol. The molecule has 0 spiro atoms. The summed E-state index contributed by atoms with van der Waals surface area (Å²) in [5, 5.41) is 16.0. The number of rotatable bonds is 5. The fraction of sp³-hybridized carbons (Fsp3) is 0.727. The van der Waals surface area contributed by atoms with Gasteiger partial charge in [0.25, 0.3) is 0 Å². The third-order valence-corrected chi connectivity index (χ3v) is 1.72. The summed E-state index contributed by atoms with van der Waals surface area (Å²) in [5.74, 6) is -1.84. The summed E-state index contributed by atoms with van der Waals surface area (Å²) in [4.78, 5) is 21.8. The van der Waals surface area contributed by atoms with Crippen molar-refractivity contribution in [2.75, 3.05) is 0 Å². The summed E-state index contributed by atoms with van der Waals surface area (Å²) in [6, 6.07) is 0. The van der Waals surface area contributed by atoms with Gasteiger partial charge in [0.2, 0.25) is 0 Å². The zero-order valence-corrected chi connectivity index (χ0v) is 10.2. The minimum atomic E-state index is -0.926. The SMILES string of the molecule is CC(CC(=N)C(=O)OC(C)(C)C)CC(=O)O. The summed E-state index contributed by atoms with van der Waals surface area (Å²) in [6.45, 7) is 6.85. The Bertz CT molecular complexity index is 291. The Morgan fingerprint density at radius 2 is 1.81 bits per heavy atom. The number of carbonyl (C=O) groups is 2. The van der Waals surface area contributed by atoms with Gasteiger partial charge in [0.05, 0.1) is 0 Å². The molecule has 0 aromatic heterocycles. The Morgan fingerprint density at radius 3 is 2.19 bits per heavy atom. The van der Waals surface area contributed by atoms with Crippen molar-refractivity contribution in [2.24, 2.45) is 5.92 Å². The molecular formula is C11H19NO4. The smallest absolute Gasteiger partial charge is 0.352 e. The number of esters is 1. The normalized spacial score (nSPS) is 13.0. The molecule has 92 valence electrons. The molecule has 0 fully saturated rings. The molecule has 0 aromatic rings. The molecule has 0 saturated heterocycles. The number of hydrogen-bond donors (Lipinski definition) is 2. The van der Waals surface area contributed by atoms with E-state index < -0.39 is 17.5 Å². The lowest BCUT2D eigenvalue weighted by Gasteiger charge is -2.20. The highest BCUT2D eigenvalue weighted by Crippen LogP contribution is 2.12. The molecule has 0 heterocycles. The molecule has 0 radical (unpaired) electrons. The fourth-order valence-electron chi connectivity index (χ4n) is 1.14.